The third-order valence-electron chi connectivity index (χ3n) is 1.95. The fourth-order valence-electron chi connectivity index (χ4n) is 0.771. The summed E-state index contributed by atoms with van der Waals surface area (Å²) in [5.41, 5.74) is 0. The van der Waals surface area contributed by atoms with Crippen LogP contribution in [0.15, 0.2) is 0 Å². The molecule has 1 nitrogen and oxygen atoms in total. The Hall–Kier alpha value is 0.310. The molecule has 0 bridgehead atoms. The van der Waals surface area contributed by atoms with Gasteiger partial charge < -0.3 is 4.74 Å². The fourth-order valence-corrected chi connectivity index (χ4v) is 1.38. The molecule has 2 heteroatoms. The van der Waals surface area contributed by atoms with Crippen molar-refractivity contribution >= 4 is 11.8 Å². The Morgan fingerprint density at radius 1 is 1.40 bits per heavy atom. The van der Waals surface area contributed by atoms with E-state index in [2.05, 4.69) is 20.1 Å². The van der Waals surface area contributed by atoms with Crippen molar-refractivity contribution < 1.29 is 4.74 Å². The lowest BCUT2D eigenvalue weighted by atomic mass is 10.0. The largest absolute Gasteiger partial charge is 0.381 e. The first kappa shape index (κ1) is 10.3. The predicted molar refractivity (Wildman–Crippen MR) is 48.6 cm³/mol. The van der Waals surface area contributed by atoms with Gasteiger partial charge >= 0.3 is 0 Å². The molecule has 0 rings (SSSR count). The van der Waals surface area contributed by atoms with Gasteiger partial charge in [0.05, 0.1) is 6.10 Å². The highest BCUT2D eigenvalue weighted by molar-refractivity contribution is 7.98. The smallest absolute Gasteiger partial charge is 0.0569 e. The van der Waals surface area contributed by atoms with Crippen LogP contribution in [0.5, 0.6) is 0 Å². The van der Waals surface area contributed by atoms with Crippen LogP contribution in [-0.4, -0.2) is 25.2 Å². The maximum absolute atomic E-state index is 5.20. The predicted octanol–water partition coefficient (Wildman–Crippen LogP) is 2.41. The number of methoxy groups -OCH3 is 1. The zero-order valence-electron chi connectivity index (χ0n) is 7.39. The van der Waals surface area contributed by atoms with E-state index in [0.29, 0.717) is 12.0 Å². The van der Waals surface area contributed by atoms with Crippen molar-refractivity contribution in [3.8, 4) is 0 Å². The van der Waals surface area contributed by atoms with E-state index >= 15 is 0 Å². The Kier molecular flexibility index (Phi) is 6.24. The highest BCUT2D eigenvalue weighted by Gasteiger charge is 2.09. The molecule has 0 heterocycles. The lowest BCUT2D eigenvalue weighted by molar-refractivity contribution is 0.0727. The third kappa shape index (κ3) is 4.18. The molecule has 0 radical (unpaired) electrons. The summed E-state index contributed by atoms with van der Waals surface area (Å²) in [7, 11) is 1.78. The first-order valence-corrected chi connectivity index (χ1v) is 5.13. The highest BCUT2D eigenvalue weighted by Crippen LogP contribution is 2.12. The van der Waals surface area contributed by atoms with Crippen molar-refractivity contribution in [2.45, 2.75) is 26.4 Å². The second-order valence-corrected chi connectivity index (χ2v) is 3.69. The van der Waals surface area contributed by atoms with Gasteiger partial charge in [-0.05, 0) is 31.3 Å². The number of thioether (sulfide) groups is 1. The standard InChI is InChI=1S/C8H18OS/c1-7(5-6-10-4)8(2)9-3/h7-8H,5-6H2,1-4H3. The van der Waals surface area contributed by atoms with Crippen molar-refractivity contribution in [1.82, 2.24) is 0 Å². The van der Waals surface area contributed by atoms with Crippen LogP contribution in [0.25, 0.3) is 0 Å². The average Bonchev–Trinajstić information content (AvgIpc) is 1.98. The molecule has 10 heavy (non-hydrogen) atoms. The summed E-state index contributed by atoms with van der Waals surface area (Å²) in [5, 5.41) is 0. The Bertz CT molecular complexity index is 75.7. The zero-order valence-corrected chi connectivity index (χ0v) is 8.20. The molecular weight excluding hydrogens is 144 g/mol. The highest BCUT2D eigenvalue weighted by atomic mass is 32.2. The number of ether oxygens (including phenoxy) is 1. The molecule has 2 unspecified atom stereocenters. The summed E-state index contributed by atoms with van der Waals surface area (Å²) in [6, 6.07) is 0. The molecule has 0 aliphatic heterocycles. The lowest BCUT2D eigenvalue weighted by Crippen LogP contribution is -2.16. The van der Waals surface area contributed by atoms with Gasteiger partial charge in [-0.2, -0.15) is 11.8 Å². The van der Waals surface area contributed by atoms with E-state index in [9.17, 15) is 0 Å². The maximum atomic E-state index is 5.20. The monoisotopic (exact) mass is 162 g/mol. The van der Waals surface area contributed by atoms with Gasteiger partial charge in [-0.25, -0.2) is 0 Å². The molecule has 0 spiro atoms. The molecule has 0 fully saturated rings. The van der Waals surface area contributed by atoms with Gasteiger partial charge in [0.1, 0.15) is 0 Å². The Morgan fingerprint density at radius 3 is 2.40 bits per heavy atom. The molecule has 2 atom stereocenters. The van der Waals surface area contributed by atoms with Gasteiger partial charge in [-0.1, -0.05) is 6.92 Å². The fraction of sp³-hybridized carbons (Fsp3) is 1.00. The molecular formula is C8H18OS. The van der Waals surface area contributed by atoms with E-state index in [1.54, 1.807) is 7.11 Å². The average molecular weight is 162 g/mol. The SMILES string of the molecule is COC(C)C(C)CCSC. The minimum absolute atomic E-state index is 0.409. The Morgan fingerprint density at radius 2 is 2.00 bits per heavy atom. The first-order chi connectivity index (χ1) is 4.72. The van der Waals surface area contributed by atoms with Gasteiger partial charge in [0.25, 0.3) is 0 Å². The second-order valence-electron chi connectivity index (χ2n) is 2.70. The van der Waals surface area contributed by atoms with E-state index in [1.165, 1.54) is 12.2 Å². The second kappa shape index (κ2) is 6.05. The molecule has 0 aromatic carbocycles. The summed E-state index contributed by atoms with van der Waals surface area (Å²) >= 11 is 1.90. The van der Waals surface area contributed by atoms with Crippen LogP contribution < -0.4 is 0 Å². The number of rotatable bonds is 5. The Labute approximate surface area is 68.5 Å². The summed E-state index contributed by atoms with van der Waals surface area (Å²) < 4.78 is 5.20. The summed E-state index contributed by atoms with van der Waals surface area (Å²) in [5.74, 6) is 1.94. The molecule has 0 aliphatic carbocycles. The van der Waals surface area contributed by atoms with Crippen LogP contribution in [0.1, 0.15) is 20.3 Å². The normalized spacial score (nSPS) is 16.8. The molecule has 0 saturated carbocycles. The van der Waals surface area contributed by atoms with Gasteiger partial charge in [-0.3, -0.25) is 0 Å². The van der Waals surface area contributed by atoms with Crippen molar-refractivity contribution in [3.05, 3.63) is 0 Å². The van der Waals surface area contributed by atoms with E-state index < -0.39 is 0 Å². The molecule has 0 saturated heterocycles. The summed E-state index contributed by atoms with van der Waals surface area (Å²) in [6.07, 6.45) is 3.81. The molecule has 0 aliphatic rings. The minimum atomic E-state index is 0.409. The minimum Gasteiger partial charge on any atom is -0.381 e. The van der Waals surface area contributed by atoms with Crippen LogP contribution in [0.4, 0.5) is 0 Å². The molecule has 0 aromatic rings. The van der Waals surface area contributed by atoms with E-state index in [0.717, 1.165) is 0 Å². The quantitative estimate of drug-likeness (QED) is 0.614. The van der Waals surface area contributed by atoms with Gasteiger partial charge in [0.15, 0.2) is 0 Å². The summed E-state index contributed by atoms with van der Waals surface area (Å²) in [6.45, 7) is 4.37. The van der Waals surface area contributed by atoms with Crippen LogP contribution in [0.2, 0.25) is 0 Å². The Balaban J connectivity index is 3.31. The van der Waals surface area contributed by atoms with E-state index in [-0.39, 0.29) is 0 Å². The van der Waals surface area contributed by atoms with Crippen LogP contribution in [0, 0.1) is 5.92 Å². The topological polar surface area (TPSA) is 9.23 Å². The lowest BCUT2D eigenvalue weighted by Gasteiger charge is -2.17. The first-order valence-electron chi connectivity index (χ1n) is 3.74. The third-order valence-corrected chi connectivity index (χ3v) is 2.59. The number of hydrogen-bond donors (Lipinski definition) is 0. The van der Waals surface area contributed by atoms with E-state index in [1.807, 2.05) is 11.8 Å². The van der Waals surface area contributed by atoms with Gasteiger partial charge in [-0.15, -0.1) is 0 Å². The summed E-state index contributed by atoms with van der Waals surface area (Å²) in [4.78, 5) is 0. The van der Waals surface area contributed by atoms with E-state index in [4.69, 9.17) is 4.74 Å². The molecule has 62 valence electrons. The number of hydrogen-bond acceptors (Lipinski definition) is 2. The van der Waals surface area contributed by atoms with Crippen LogP contribution in [0.3, 0.4) is 0 Å². The van der Waals surface area contributed by atoms with Crippen LogP contribution in [-0.2, 0) is 4.74 Å². The molecule has 0 aromatic heterocycles. The maximum Gasteiger partial charge on any atom is 0.0569 e. The van der Waals surface area contributed by atoms with Crippen LogP contribution >= 0.6 is 11.8 Å². The van der Waals surface area contributed by atoms with Crippen molar-refractivity contribution in [2.24, 2.45) is 5.92 Å². The van der Waals surface area contributed by atoms with Gasteiger partial charge in [0, 0.05) is 7.11 Å². The zero-order chi connectivity index (χ0) is 7.98. The molecule has 0 N–H and O–H groups in total. The van der Waals surface area contributed by atoms with Crippen molar-refractivity contribution in [2.75, 3.05) is 19.1 Å². The van der Waals surface area contributed by atoms with Gasteiger partial charge in [0.2, 0.25) is 0 Å². The van der Waals surface area contributed by atoms with Crippen molar-refractivity contribution in [1.29, 1.82) is 0 Å². The molecule has 0 amide bonds. The van der Waals surface area contributed by atoms with Crippen molar-refractivity contribution in [3.63, 3.8) is 0 Å².